The molecule has 2 aliphatic carbocycles. The van der Waals surface area contributed by atoms with Gasteiger partial charge in [0.1, 0.15) is 34.9 Å². The van der Waals surface area contributed by atoms with Crippen molar-refractivity contribution >= 4 is 11.9 Å². The molecule has 0 spiro atoms. The van der Waals surface area contributed by atoms with E-state index in [2.05, 4.69) is 11.9 Å². The summed E-state index contributed by atoms with van der Waals surface area (Å²) < 4.78 is 30.3. The molecule has 10 nitrogen and oxygen atoms in total. The summed E-state index contributed by atoms with van der Waals surface area (Å²) in [6, 6.07) is 5.09. The van der Waals surface area contributed by atoms with Crippen LogP contribution in [-0.2, 0) is 23.8 Å². The molecule has 3 aliphatic rings. The first-order valence-corrected chi connectivity index (χ1v) is 14.7. The van der Waals surface area contributed by atoms with E-state index in [1.165, 1.54) is 13.8 Å². The number of carbonyl (C=O) groups excluding carboxylic acids is 2. The number of aliphatic hydroxyl groups excluding tert-OH is 1. The van der Waals surface area contributed by atoms with E-state index >= 15 is 0 Å². The van der Waals surface area contributed by atoms with Gasteiger partial charge in [-0.15, -0.1) is 0 Å². The molecule has 2 fully saturated rings. The molecule has 2 saturated carbocycles. The van der Waals surface area contributed by atoms with Gasteiger partial charge in [-0.2, -0.15) is 0 Å². The second-order valence-corrected chi connectivity index (χ2v) is 12.7. The van der Waals surface area contributed by atoms with E-state index in [1.807, 2.05) is 20.8 Å². The summed E-state index contributed by atoms with van der Waals surface area (Å²) in [7, 11) is 0. The average Bonchev–Trinajstić information content (AvgIpc) is 2.91. The standard InChI is InChI=1S/C32H41NO9/c1-7-13-38-17-31(5)23-15-25(40-19(3)35)32(6)28(30(23,4)11-10-24(31)39-18(2)34)27(36)26-22(42-32)14-21(41-29(26)37)20-9-8-12-33-16-20/h8-9,12,14,16,23-25,27-28,36H,7,10-11,13,15,17H2,1-6H3/t23-,24+,25+,27+,28-,30+,31+,32-/m1/s1. The summed E-state index contributed by atoms with van der Waals surface area (Å²) in [5.74, 6) is -1.28. The summed E-state index contributed by atoms with van der Waals surface area (Å²) in [6.07, 6.45) is 3.06. The third-order valence-electron chi connectivity index (χ3n) is 9.91. The topological polar surface area (TPSA) is 134 Å². The minimum Gasteiger partial charge on any atom is -0.482 e. The third-order valence-corrected chi connectivity index (χ3v) is 9.91. The largest absolute Gasteiger partial charge is 0.482 e. The molecule has 1 N–H and O–H groups in total. The van der Waals surface area contributed by atoms with Gasteiger partial charge in [0.25, 0.3) is 0 Å². The predicted octanol–water partition coefficient (Wildman–Crippen LogP) is 4.62. The van der Waals surface area contributed by atoms with E-state index in [4.69, 9.17) is 23.4 Å². The van der Waals surface area contributed by atoms with Crippen LogP contribution in [-0.4, -0.2) is 53.1 Å². The van der Waals surface area contributed by atoms with Crippen LogP contribution >= 0.6 is 0 Å². The molecular formula is C32H41NO9. The van der Waals surface area contributed by atoms with Gasteiger partial charge in [0, 0.05) is 55.8 Å². The van der Waals surface area contributed by atoms with E-state index in [9.17, 15) is 19.5 Å². The lowest BCUT2D eigenvalue weighted by molar-refractivity contribution is -0.271. The molecule has 5 rings (SSSR count). The van der Waals surface area contributed by atoms with Crippen molar-refractivity contribution in [3.63, 3.8) is 0 Å². The highest BCUT2D eigenvalue weighted by molar-refractivity contribution is 5.67. The van der Waals surface area contributed by atoms with Gasteiger partial charge in [-0.25, -0.2) is 4.79 Å². The molecule has 2 aromatic heterocycles. The molecule has 2 aromatic rings. The second-order valence-electron chi connectivity index (χ2n) is 12.7. The molecule has 0 amide bonds. The van der Waals surface area contributed by atoms with Gasteiger partial charge in [0.05, 0.1) is 12.7 Å². The van der Waals surface area contributed by atoms with Crippen LogP contribution < -0.4 is 10.4 Å². The van der Waals surface area contributed by atoms with Gasteiger partial charge in [-0.05, 0) is 56.1 Å². The molecule has 10 heteroatoms. The summed E-state index contributed by atoms with van der Waals surface area (Å²) in [4.78, 5) is 42.2. The molecule has 0 bridgehead atoms. The van der Waals surface area contributed by atoms with Crippen LogP contribution in [0.5, 0.6) is 5.75 Å². The SMILES string of the molecule is CCCOC[C@@]1(C)[C@@H]2C[C@H](OC(C)=O)[C@@]3(C)Oc4cc(-c5cccnc5)oc(=O)c4[C@H](O)[C@@H]3[C@@]2(C)CC[C@@H]1OC(C)=O. The van der Waals surface area contributed by atoms with Crippen molar-refractivity contribution in [2.75, 3.05) is 13.2 Å². The summed E-state index contributed by atoms with van der Waals surface area (Å²) in [5.41, 5.74) is -2.53. The van der Waals surface area contributed by atoms with Crippen molar-refractivity contribution in [3.8, 4) is 17.1 Å². The first-order chi connectivity index (χ1) is 19.8. The number of aromatic nitrogens is 1. The first kappa shape index (κ1) is 30.2. The highest BCUT2D eigenvalue weighted by Crippen LogP contribution is 2.67. The molecule has 42 heavy (non-hydrogen) atoms. The van der Waals surface area contributed by atoms with Gasteiger partial charge in [-0.1, -0.05) is 20.8 Å². The van der Waals surface area contributed by atoms with Gasteiger partial charge in [-0.3, -0.25) is 14.6 Å². The lowest BCUT2D eigenvalue weighted by atomic mass is 9.42. The van der Waals surface area contributed by atoms with E-state index in [0.29, 0.717) is 38.0 Å². The molecule has 0 radical (unpaired) electrons. The van der Waals surface area contributed by atoms with E-state index in [-0.39, 0.29) is 29.0 Å². The second kappa shape index (κ2) is 11.1. The van der Waals surface area contributed by atoms with Crippen molar-refractivity contribution in [1.82, 2.24) is 4.98 Å². The zero-order valence-electron chi connectivity index (χ0n) is 25.2. The number of esters is 2. The number of pyridine rings is 1. The Hall–Kier alpha value is -3.24. The maximum atomic E-state index is 13.5. The zero-order valence-corrected chi connectivity index (χ0v) is 25.2. The van der Waals surface area contributed by atoms with Crippen LogP contribution in [0, 0.1) is 22.7 Å². The fraction of sp³-hybridized carbons (Fsp3) is 0.625. The van der Waals surface area contributed by atoms with E-state index in [1.54, 1.807) is 30.6 Å². The Labute approximate surface area is 245 Å². The van der Waals surface area contributed by atoms with E-state index in [0.717, 1.165) is 6.42 Å². The van der Waals surface area contributed by atoms with E-state index < -0.39 is 52.3 Å². The molecule has 3 heterocycles. The maximum Gasteiger partial charge on any atom is 0.345 e. The fourth-order valence-corrected chi connectivity index (χ4v) is 8.22. The number of hydrogen-bond acceptors (Lipinski definition) is 10. The molecule has 1 aliphatic heterocycles. The Morgan fingerprint density at radius 3 is 2.50 bits per heavy atom. The van der Waals surface area contributed by atoms with Crippen molar-refractivity contribution in [2.24, 2.45) is 22.7 Å². The van der Waals surface area contributed by atoms with Gasteiger partial charge >= 0.3 is 17.6 Å². The van der Waals surface area contributed by atoms with Gasteiger partial charge < -0.3 is 28.5 Å². The van der Waals surface area contributed by atoms with Crippen LogP contribution in [0.1, 0.15) is 78.9 Å². The van der Waals surface area contributed by atoms with Crippen LogP contribution in [0.15, 0.2) is 39.8 Å². The van der Waals surface area contributed by atoms with Crippen LogP contribution in [0.2, 0.25) is 0 Å². The number of carbonyl (C=O) groups is 2. The maximum absolute atomic E-state index is 13.5. The van der Waals surface area contributed by atoms with Gasteiger partial charge in [0.2, 0.25) is 0 Å². The number of rotatable bonds is 7. The number of aliphatic hydroxyl groups is 1. The van der Waals surface area contributed by atoms with Crippen LogP contribution in [0.4, 0.5) is 0 Å². The van der Waals surface area contributed by atoms with Crippen molar-refractivity contribution in [2.45, 2.75) is 91.1 Å². The molecule has 8 atom stereocenters. The normalized spacial score (nSPS) is 35.2. The Balaban J connectivity index is 1.65. The molecular weight excluding hydrogens is 542 g/mol. The number of hydrogen-bond donors (Lipinski definition) is 1. The molecule has 228 valence electrons. The highest BCUT2D eigenvalue weighted by Gasteiger charge is 2.70. The quantitative estimate of drug-likeness (QED) is 0.363. The smallest absolute Gasteiger partial charge is 0.345 e. The predicted molar refractivity (Wildman–Crippen MR) is 151 cm³/mol. The molecule has 0 unspecified atom stereocenters. The Morgan fingerprint density at radius 1 is 1.14 bits per heavy atom. The lowest BCUT2D eigenvalue weighted by Gasteiger charge is -2.66. The zero-order chi connectivity index (χ0) is 30.4. The number of nitrogens with zero attached hydrogens (tertiary/aromatic N) is 1. The number of ether oxygens (including phenoxy) is 4. The molecule has 0 aromatic carbocycles. The minimum atomic E-state index is -1.27. The van der Waals surface area contributed by atoms with Crippen LogP contribution in [0.25, 0.3) is 11.3 Å². The number of fused-ring (bicyclic) bond motifs is 4. The van der Waals surface area contributed by atoms with Crippen molar-refractivity contribution in [3.05, 3.63) is 46.6 Å². The van der Waals surface area contributed by atoms with Crippen molar-refractivity contribution < 1.29 is 38.1 Å². The highest BCUT2D eigenvalue weighted by atomic mass is 16.6. The third kappa shape index (κ3) is 4.92. The molecule has 0 saturated heterocycles. The van der Waals surface area contributed by atoms with Gasteiger partial charge in [0.15, 0.2) is 0 Å². The summed E-state index contributed by atoms with van der Waals surface area (Å²) in [6.45, 7) is 11.6. The summed E-state index contributed by atoms with van der Waals surface area (Å²) >= 11 is 0. The minimum absolute atomic E-state index is 0.0413. The first-order valence-electron chi connectivity index (χ1n) is 14.7. The van der Waals surface area contributed by atoms with Crippen LogP contribution in [0.3, 0.4) is 0 Å². The Morgan fingerprint density at radius 2 is 1.86 bits per heavy atom. The monoisotopic (exact) mass is 583 g/mol. The summed E-state index contributed by atoms with van der Waals surface area (Å²) in [5, 5.41) is 12.1. The Bertz CT molecular complexity index is 1390. The fourth-order valence-electron chi connectivity index (χ4n) is 8.22. The van der Waals surface area contributed by atoms with Crippen molar-refractivity contribution in [1.29, 1.82) is 0 Å². The lowest BCUT2D eigenvalue weighted by Crippen LogP contribution is -2.71. The average molecular weight is 584 g/mol. The Kier molecular flexibility index (Phi) is 8.00.